The molecule has 2 bridgehead atoms. The van der Waals surface area contributed by atoms with Crippen molar-refractivity contribution in [2.45, 2.75) is 42.9 Å². The third-order valence-corrected chi connectivity index (χ3v) is 9.77. The van der Waals surface area contributed by atoms with E-state index in [1.807, 2.05) is 30.5 Å². The monoisotopic (exact) mass is 467 g/mol. The lowest BCUT2D eigenvalue weighted by Gasteiger charge is -2.58. The van der Waals surface area contributed by atoms with Gasteiger partial charge in [-0.25, -0.2) is 0 Å². The molecule has 35 heavy (non-hydrogen) atoms. The number of hydrogen-bond donors (Lipinski definition) is 0. The summed E-state index contributed by atoms with van der Waals surface area (Å²) in [5, 5.41) is 0. The molecule has 0 radical (unpaired) electrons. The SMILES string of the molecule is COc1ccc(C=Nc2ccc3c(c2)[C@@]24CCN5CC6=CCO[C@H]7CC(=O)N3[C@H]2[C@H]7[C@H]6C[C@@H]54)cc1. The standard InChI is InChI=1S/C29H29N3O3/c1-34-20-5-2-17(3-6-20)15-30-19-4-7-23-22(12-19)29-9-10-31-16-18-8-11-35-24-14-26(33)32(23)28(29)27(24)21(18)13-25(29)31/h2-8,12,15,21,24-25,27-28H,9-11,13-14,16H2,1H3/t21-,24-,25+,27-,28-,29+/m0/s1. The highest BCUT2D eigenvalue weighted by molar-refractivity contribution is 5.99. The van der Waals surface area contributed by atoms with E-state index in [2.05, 4.69) is 34.1 Å². The van der Waals surface area contributed by atoms with E-state index in [0.717, 1.165) is 42.2 Å². The third kappa shape index (κ3) is 2.56. The Kier molecular flexibility index (Phi) is 4.08. The van der Waals surface area contributed by atoms with E-state index in [1.165, 1.54) is 12.0 Å². The first kappa shape index (κ1) is 20.3. The molecule has 2 aromatic carbocycles. The highest BCUT2D eigenvalue weighted by atomic mass is 16.5. The van der Waals surface area contributed by atoms with Gasteiger partial charge in [0.2, 0.25) is 5.91 Å². The Balaban J connectivity index is 1.25. The number of anilines is 1. The van der Waals surface area contributed by atoms with Crippen LogP contribution in [0.4, 0.5) is 11.4 Å². The zero-order valence-electron chi connectivity index (χ0n) is 19.9. The molecule has 6 nitrogen and oxygen atoms in total. The summed E-state index contributed by atoms with van der Waals surface area (Å²) in [4.78, 5) is 23.3. The Morgan fingerprint density at radius 2 is 2.09 bits per heavy atom. The van der Waals surface area contributed by atoms with Crippen LogP contribution in [-0.2, 0) is 14.9 Å². The van der Waals surface area contributed by atoms with E-state index >= 15 is 0 Å². The summed E-state index contributed by atoms with van der Waals surface area (Å²) in [5.74, 6) is 1.99. The number of benzene rings is 2. The number of piperidine rings is 2. The first-order valence-corrected chi connectivity index (χ1v) is 12.9. The number of aliphatic imine (C=N–C) groups is 1. The summed E-state index contributed by atoms with van der Waals surface area (Å²) in [6, 6.07) is 15.1. The van der Waals surface area contributed by atoms with Crippen LogP contribution in [0.2, 0.25) is 0 Å². The van der Waals surface area contributed by atoms with Gasteiger partial charge in [0.05, 0.1) is 38.0 Å². The molecule has 3 saturated heterocycles. The summed E-state index contributed by atoms with van der Waals surface area (Å²) < 4.78 is 11.6. The second kappa shape index (κ2) is 7.05. The van der Waals surface area contributed by atoms with Crippen LogP contribution >= 0.6 is 0 Å². The summed E-state index contributed by atoms with van der Waals surface area (Å²) in [7, 11) is 1.68. The largest absolute Gasteiger partial charge is 0.497 e. The fourth-order valence-electron chi connectivity index (χ4n) is 8.46. The lowest BCUT2D eigenvalue weighted by Crippen LogP contribution is -2.69. The smallest absolute Gasteiger partial charge is 0.229 e. The molecule has 8 rings (SSSR count). The minimum Gasteiger partial charge on any atom is -0.497 e. The van der Waals surface area contributed by atoms with E-state index < -0.39 is 0 Å². The lowest BCUT2D eigenvalue weighted by molar-refractivity contribution is -0.132. The number of fused-ring (bicyclic) bond motifs is 2. The van der Waals surface area contributed by atoms with Crippen molar-refractivity contribution < 1.29 is 14.3 Å². The van der Waals surface area contributed by atoms with Crippen LogP contribution in [0.15, 0.2) is 59.1 Å². The van der Waals surface area contributed by atoms with Gasteiger partial charge in [-0.3, -0.25) is 14.7 Å². The maximum absolute atomic E-state index is 13.6. The van der Waals surface area contributed by atoms with Crippen molar-refractivity contribution in [3.8, 4) is 5.75 Å². The number of amides is 1. The van der Waals surface area contributed by atoms with Gasteiger partial charge in [0.15, 0.2) is 0 Å². The molecule has 0 aromatic heterocycles. The number of ether oxygens (including phenoxy) is 2. The topological polar surface area (TPSA) is 54.4 Å². The maximum atomic E-state index is 13.6. The quantitative estimate of drug-likeness (QED) is 0.508. The lowest BCUT2D eigenvalue weighted by atomic mass is 9.53. The van der Waals surface area contributed by atoms with Gasteiger partial charge < -0.3 is 14.4 Å². The van der Waals surface area contributed by atoms with Crippen molar-refractivity contribution in [3.63, 3.8) is 0 Å². The van der Waals surface area contributed by atoms with Crippen molar-refractivity contribution in [1.29, 1.82) is 0 Å². The molecule has 178 valence electrons. The van der Waals surface area contributed by atoms with Crippen LogP contribution in [0.5, 0.6) is 5.75 Å². The molecule has 1 aliphatic carbocycles. The number of nitrogens with zero attached hydrogens (tertiary/aromatic N) is 3. The van der Waals surface area contributed by atoms with E-state index in [9.17, 15) is 4.79 Å². The van der Waals surface area contributed by atoms with E-state index in [1.54, 1.807) is 12.7 Å². The molecule has 1 amide bonds. The summed E-state index contributed by atoms with van der Waals surface area (Å²) in [5.41, 5.74) is 5.98. The number of methoxy groups -OCH3 is 1. The van der Waals surface area contributed by atoms with E-state index in [4.69, 9.17) is 14.5 Å². The predicted molar refractivity (Wildman–Crippen MR) is 134 cm³/mol. The minimum absolute atomic E-state index is 0.0182. The molecule has 6 atom stereocenters. The van der Waals surface area contributed by atoms with Crippen molar-refractivity contribution in [2.24, 2.45) is 16.8 Å². The second-order valence-corrected chi connectivity index (χ2v) is 11.0. The van der Waals surface area contributed by atoms with Gasteiger partial charge in [0.25, 0.3) is 0 Å². The van der Waals surface area contributed by atoms with Gasteiger partial charge >= 0.3 is 0 Å². The maximum Gasteiger partial charge on any atom is 0.229 e. The van der Waals surface area contributed by atoms with Gasteiger partial charge in [-0.2, -0.15) is 0 Å². The van der Waals surface area contributed by atoms with Crippen LogP contribution in [0.3, 0.4) is 0 Å². The predicted octanol–water partition coefficient (Wildman–Crippen LogP) is 3.85. The normalized spacial score (nSPS) is 36.3. The molecular formula is C29H29N3O3. The van der Waals surface area contributed by atoms with Crippen molar-refractivity contribution in [1.82, 2.24) is 4.90 Å². The Labute approximate surface area is 205 Å². The van der Waals surface area contributed by atoms with Gasteiger partial charge in [-0.1, -0.05) is 11.6 Å². The van der Waals surface area contributed by atoms with Crippen LogP contribution in [0.1, 0.15) is 30.4 Å². The summed E-state index contributed by atoms with van der Waals surface area (Å²) >= 11 is 0. The molecular weight excluding hydrogens is 438 g/mol. The van der Waals surface area contributed by atoms with Crippen LogP contribution in [-0.4, -0.2) is 62.0 Å². The average molecular weight is 468 g/mol. The average Bonchev–Trinajstić information content (AvgIpc) is 3.35. The first-order chi connectivity index (χ1) is 17.2. The van der Waals surface area contributed by atoms with E-state index in [0.29, 0.717) is 30.9 Å². The highest BCUT2D eigenvalue weighted by Gasteiger charge is 2.71. The van der Waals surface area contributed by atoms with Crippen LogP contribution < -0.4 is 9.64 Å². The van der Waals surface area contributed by atoms with Gasteiger partial charge in [0.1, 0.15) is 5.75 Å². The van der Waals surface area contributed by atoms with Gasteiger partial charge in [-0.15, -0.1) is 0 Å². The summed E-state index contributed by atoms with van der Waals surface area (Å²) in [6.45, 7) is 2.81. The highest BCUT2D eigenvalue weighted by Crippen LogP contribution is 2.66. The van der Waals surface area contributed by atoms with Gasteiger partial charge in [-0.05, 0) is 78.9 Å². The molecule has 4 fully saturated rings. The molecule has 6 aliphatic rings. The first-order valence-electron chi connectivity index (χ1n) is 12.9. The third-order valence-electron chi connectivity index (χ3n) is 9.77. The molecule has 5 heterocycles. The second-order valence-electron chi connectivity index (χ2n) is 11.0. The molecule has 5 aliphatic heterocycles. The van der Waals surface area contributed by atoms with Crippen LogP contribution in [0.25, 0.3) is 0 Å². The Bertz CT molecular complexity index is 1300. The number of hydrogen-bond acceptors (Lipinski definition) is 5. The molecule has 2 aromatic rings. The van der Waals surface area contributed by atoms with Crippen molar-refractivity contribution in [2.75, 3.05) is 31.7 Å². The zero-order valence-corrected chi connectivity index (χ0v) is 19.9. The number of carbonyl (C=O) groups is 1. The zero-order chi connectivity index (χ0) is 23.3. The van der Waals surface area contributed by atoms with Gasteiger partial charge in [0, 0.05) is 35.8 Å². The molecule has 1 saturated carbocycles. The van der Waals surface area contributed by atoms with Crippen LogP contribution in [0, 0.1) is 11.8 Å². The molecule has 6 heteroatoms. The molecule has 0 N–H and O–H groups in total. The minimum atomic E-state index is -0.0182. The van der Waals surface area contributed by atoms with Crippen molar-refractivity contribution in [3.05, 3.63) is 65.2 Å². The molecule has 0 unspecified atom stereocenters. The number of rotatable bonds is 3. The molecule has 1 spiro atoms. The Morgan fingerprint density at radius 3 is 2.94 bits per heavy atom. The number of carbonyl (C=O) groups excluding carboxylic acids is 1. The Morgan fingerprint density at radius 1 is 1.20 bits per heavy atom. The fraction of sp³-hybridized carbons (Fsp3) is 0.448. The van der Waals surface area contributed by atoms with Crippen molar-refractivity contribution >= 4 is 23.5 Å². The Hall–Kier alpha value is -2.96. The van der Waals surface area contributed by atoms with E-state index in [-0.39, 0.29) is 23.5 Å². The summed E-state index contributed by atoms with van der Waals surface area (Å²) in [6.07, 6.45) is 7.07. The fourth-order valence-corrected chi connectivity index (χ4v) is 8.46.